The molecule has 7 nitrogen and oxygen atoms in total. The van der Waals surface area contributed by atoms with Gasteiger partial charge >= 0.3 is 0 Å². The van der Waals surface area contributed by atoms with Crippen molar-refractivity contribution in [2.75, 3.05) is 5.73 Å². The maximum absolute atomic E-state index is 12.2. The van der Waals surface area contributed by atoms with Crippen LogP contribution >= 0.6 is 11.3 Å². The van der Waals surface area contributed by atoms with Gasteiger partial charge in [0.15, 0.2) is 0 Å². The molecule has 0 radical (unpaired) electrons. The van der Waals surface area contributed by atoms with Gasteiger partial charge in [-0.3, -0.25) is 9.59 Å². The number of fused-ring (bicyclic) bond motifs is 1. The second kappa shape index (κ2) is 5.04. The topological polar surface area (TPSA) is 124 Å². The van der Waals surface area contributed by atoms with E-state index in [1.165, 1.54) is 12.4 Å². The average Bonchev–Trinajstić information content (AvgIpc) is 2.65. The second-order valence-corrected chi connectivity index (χ2v) is 6.04. The predicted octanol–water partition coefficient (Wildman–Crippen LogP) is 0.657. The molecule has 0 atom stereocenters. The Kier molecular flexibility index (Phi) is 3.58. The first-order valence-corrected chi connectivity index (χ1v) is 6.71. The van der Waals surface area contributed by atoms with E-state index in [0.717, 1.165) is 11.3 Å². The van der Waals surface area contributed by atoms with Gasteiger partial charge in [0, 0.05) is 24.4 Å². The number of nitrogens with two attached hydrogens (primary N) is 2. The average molecular weight is 293 g/mol. The second-order valence-electron chi connectivity index (χ2n) is 5.04. The number of carbonyl (C=O) groups is 2. The molecule has 8 heteroatoms. The van der Waals surface area contributed by atoms with Crippen molar-refractivity contribution < 1.29 is 9.59 Å². The largest absolute Gasteiger partial charge is 0.396 e. The number of hydrogen-bond acceptors (Lipinski definition) is 6. The van der Waals surface area contributed by atoms with Crippen LogP contribution in [0.2, 0.25) is 0 Å². The van der Waals surface area contributed by atoms with Crippen LogP contribution in [0.25, 0.3) is 10.3 Å². The summed E-state index contributed by atoms with van der Waals surface area (Å²) in [6, 6.07) is 0. The van der Waals surface area contributed by atoms with Crippen LogP contribution in [0.1, 0.15) is 29.9 Å². The van der Waals surface area contributed by atoms with Gasteiger partial charge in [-0.25, -0.2) is 9.97 Å². The monoisotopic (exact) mass is 293 g/mol. The van der Waals surface area contributed by atoms with E-state index in [9.17, 15) is 9.59 Å². The molecule has 20 heavy (non-hydrogen) atoms. The third kappa shape index (κ3) is 2.85. The lowest BCUT2D eigenvalue weighted by Gasteiger charge is -2.24. The van der Waals surface area contributed by atoms with E-state index in [1.54, 1.807) is 13.8 Å². The van der Waals surface area contributed by atoms with Crippen LogP contribution in [0.3, 0.4) is 0 Å². The summed E-state index contributed by atoms with van der Waals surface area (Å²) in [6.45, 7) is 3.44. The molecule has 0 aliphatic heterocycles. The first kappa shape index (κ1) is 14.2. The molecule has 2 rings (SSSR count). The number of hydrogen-bond donors (Lipinski definition) is 3. The van der Waals surface area contributed by atoms with Gasteiger partial charge in [-0.2, -0.15) is 0 Å². The van der Waals surface area contributed by atoms with Gasteiger partial charge in [-0.1, -0.05) is 0 Å². The summed E-state index contributed by atoms with van der Waals surface area (Å²) in [4.78, 5) is 32.4. The number of nitrogens with one attached hydrogen (secondary N) is 1. The highest BCUT2D eigenvalue weighted by molar-refractivity contribution is 7.21. The van der Waals surface area contributed by atoms with Crippen molar-refractivity contribution in [3.63, 3.8) is 0 Å². The van der Waals surface area contributed by atoms with Crippen molar-refractivity contribution in [3.8, 4) is 0 Å². The molecular weight excluding hydrogens is 278 g/mol. The van der Waals surface area contributed by atoms with E-state index in [4.69, 9.17) is 11.5 Å². The Hall–Kier alpha value is -2.22. The number of thiophene rings is 1. The smallest absolute Gasteiger partial charge is 0.264 e. The number of nitrogen functional groups attached to an aromatic ring is 1. The zero-order valence-corrected chi connectivity index (χ0v) is 12.0. The van der Waals surface area contributed by atoms with E-state index >= 15 is 0 Å². The molecule has 0 spiro atoms. The van der Waals surface area contributed by atoms with Gasteiger partial charge < -0.3 is 16.8 Å². The normalized spacial score (nSPS) is 11.5. The number of aromatic nitrogens is 2. The zero-order valence-electron chi connectivity index (χ0n) is 11.1. The molecule has 0 unspecified atom stereocenters. The molecule has 106 valence electrons. The van der Waals surface area contributed by atoms with Crippen molar-refractivity contribution in [3.05, 3.63) is 17.3 Å². The standard InChI is InChI=1S/C12H15N5O2S/c1-12(2,5-6(13)18)17-10(19)9-7(14)8-11(20-9)16-4-3-15-8/h3-4H,5,14H2,1-2H3,(H2,13,18)(H,17,19). The van der Waals surface area contributed by atoms with Crippen molar-refractivity contribution in [2.24, 2.45) is 5.73 Å². The van der Waals surface area contributed by atoms with Crippen LogP contribution in [-0.2, 0) is 4.79 Å². The minimum atomic E-state index is -0.744. The Bertz CT molecular complexity index is 680. The highest BCUT2D eigenvalue weighted by atomic mass is 32.1. The van der Waals surface area contributed by atoms with Crippen LogP contribution in [0.4, 0.5) is 5.69 Å². The lowest BCUT2D eigenvalue weighted by atomic mass is 10.0. The van der Waals surface area contributed by atoms with Gasteiger partial charge in [0.2, 0.25) is 5.91 Å². The van der Waals surface area contributed by atoms with Crippen LogP contribution in [0.5, 0.6) is 0 Å². The van der Waals surface area contributed by atoms with Crippen molar-refractivity contribution in [2.45, 2.75) is 25.8 Å². The summed E-state index contributed by atoms with van der Waals surface area (Å²) in [5.74, 6) is -0.846. The van der Waals surface area contributed by atoms with Crippen molar-refractivity contribution in [1.29, 1.82) is 0 Å². The summed E-state index contributed by atoms with van der Waals surface area (Å²) in [5.41, 5.74) is 11.1. The zero-order chi connectivity index (χ0) is 14.9. The molecule has 0 bridgehead atoms. The minimum absolute atomic E-state index is 0.0417. The molecule has 2 aromatic heterocycles. The fraction of sp³-hybridized carbons (Fsp3) is 0.333. The van der Waals surface area contributed by atoms with Gasteiger partial charge in [-0.05, 0) is 13.8 Å². The maximum atomic E-state index is 12.2. The molecular formula is C12H15N5O2S. The Morgan fingerprint density at radius 3 is 2.60 bits per heavy atom. The maximum Gasteiger partial charge on any atom is 0.264 e. The third-order valence-corrected chi connectivity index (χ3v) is 3.74. The van der Waals surface area contributed by atoms with Crippen molar-refractivity contribution >= 4 is 39.2 Å². The number of carbonyl (C=O) groups excluding carboxylic acids is 2. The molecule has 0 aromatic carbocycles. The van der Waals surface area contributed by atoms with Crippen molar-refractivity contribution in [1.82, 2.24) is 15.3 Å². The van der Waals surface area contributed by atoms with Crippen LogP contribution in [0.15, 0.2) is 12.4 Å². The fourth-order valence-corrected chi connectivity index (χ4v) is 2.77. The summed E-state index contributed by atoms with van der Waals surface area (Å²) in [5, 5.41) is 2.74. The van der Waals surface area contributed by atoms with E-state index < -0.39 is 11.4 Å². The Morgan fingerprint density at radius 2 is 2.00 bits per heavy atom. The molecule has 2 aromatic rings. The molecule has 0 saturated carbocycles. The summed E-state index contributed by atoms with van der Waals surface area (Å²) >= 11 is 1.16. The summed E-state index contributed by atoms with van der Waals surface area (Å²) in [7, 11) is 0. The van der Waals surface area contributed by atoms with Gasteiger partial charge in [0.05, 0.1) is 5.69 Å². The van der Waals surface area contributed by atoms with Gasteiger partial charge in [0.1, 0.15) is 15.2 Å². The molecule has 0 fully saturated rings. The Balaban J connectivity index is 2.28. The van der Waals surface area contributed by atoms with Crippen LogP contribution < -0.4 is 16.8 Å². The number of anilines is 1. The fourth-order valence-electron chi connectivity index (χ4n) is 1.86. The summed E-state index contributed by atoms with van der Waals surface area (Å²) in [6.07, 6.45) is 3.10. The quantitative estimate of drug-likeness (QED) is 0.763. The Labute approximate surface area is 119 Å². The molecule has 2 amide bonds. The molecule has 0 saturated heterocycles. The van der Waals surface area contributed by atoms with E-state index in [2.05, 4.69) is 15.3 Å². The highest BCUT2D eigenvalue weighted by Gasteiger charge is 2.26. The molecule has 0 aliphatic carbocycles. The first-order chi connectivity index (χ1) is 9.30. The molecule has 0 aliphatic rings. The first-order valence-electron chi connectivity index (χ1n) is 5.90. The van der Waals surface area contributed by atoms with Gasteiger partial charge in [0.25, 0.3) is 5.91 Å². The lowest BCUT2D eigenvalue weighted by Crippen LogP contribution is -2.45. The third-order valence-electron chi connectivity index (χ3n) is 2.64. The summed E-state index contributed by atoms with van der Waals surface area (Å²) < 4.78 is 0. The highest BCUT2D eigenvalue weighted by Crippen LogP contribution is 2.30. The minimum Gasteiger partial charge on any atom is -0.396 e. The van der Waals surface area contributed by atoms with Gasteiger partial charge in [-0.15, -0.1) is 11.3 Å². The SMILES string of the molecule is CC(C)(CC(N)=O)NC(=O)c1sc2nccnc2c1N. The van der Waals surface area contributed by atoms with E-state index in [-0.39, 0.29) is 12.3 Å². The molecule has 5 N–H and O–H groups in total. The van der Waals surface area contributed by atoms with Crippen LogP contribution in [0, 0.1) is 0 Å². The molecule has 2 heterocycles. The number of amides is 2. The van der Waals surface area contributed by atoms with E-state index in [1.807, 2.05) is 0 Å². The number of rotatable bonds is 4. The lowest BCUT2D eigenvalue weighted by molar-refractivity contribution is -0.119. The van der Waals surface area contributed by atoms with Crippen LogP contribution in [-0.4, -0.2) is 27.3 Å². The Morgan fingerprint density at radius 1 is 1.35 bits per heavy atom. The van der Waals surface area contributed by atoms with E-state index in [0.29, 0.717) is 20.9 Å². The predicted molar refractivity (Wildman–Crippen MR) is 77.2 cm³/mol. The number of nitrogens with zero attached hydrogens (tertiary/aromatic N) is 2. The number of primary amides is 1.